The van der Waals surface area contributed by atoms with Gasteiger partial charge in [0.05, 0.1) is 6.10 Å². The second kappa shape index (κ2) is 1.62. The molecule has 3 heterocycles. The van der Waals surface area contributed by atoms with Gasteiger partial charge in [0.15, 0.2) is 0 Å². The van der Waals surface area contributed by atoms with Gasteiger partial charge in [-0.25, -0.2) is 0 Å². The summed E-state index contributed by atoms with van der Waals surface area (Å²) < 4.78 is 32.6. The molecule has 0 saturated carbocycles. The molecule has 0 aromatic rings. The van der Waals surface area contributed by atoms with Gasteiger partial charge in [0, 0.05) is 6.42 Å². The van der Waals surface area contributed by atoms with Gasteiger partial charge in [-0.15, -0.1) is 0 Å². The van der Waals surface area contributed by atoms with Crippen molar-refractivity contribution in [1.29, 1.82) is 0 Å². The Bertz CT molecular complexity index is 294. The highest BCUT2D eigenvalue weighted by Gasteiger charge is 2.60. The lowest BCUT2D eigenvalue weighted by molar-refractivity contribution is 0.0838. The molecule has 0 aromatic carbocycles. The van der Waals surface area contributed by atoms with Gasteiger partial charge in [0.2, 0.25) is 0 Å². The quantitative estimate of drug-likeness (QED) is 0.473. The first kappa shape index (κ1) is 6.39. The maximum absolute atomic E-state index is 11.2. The van der Waals surface area contributed by atoms with Crippen LogP contribution in [0, 0.1) is 0 Å². The van der Waals surface area contributed by atoms with Crippen LogP contribution in [0.4, 0.5) is 0 Å². The van der Waals surface area contributed by atoms with Crippen LogP contribution >= 0.6 is 0 Å². The highest BCUT2D eigenvalue weighted by atomic mass is 32.2. The standard InChI is InChI=1S/C6H8O4S/c7-11(8)5-2-3-1-4(10-11)6(5)9-3/h3-6H,1-2H2/t3?,4-,5?,6-/m1/s1. The molecule has 0 N–H and O–H groups in total. The molecule has 4 nitrogen and oxygen atoms in total. The zero-order chi connectivity index (χ0) is 7.64. The molecule has 3 aliphatic heterocycles. The molecular formula is C6H8O4S. The molecular weight excluding hydrogens is 168 g/mol. The van der Waals surface area contributed by atoms with E-state index in [1.807, 2.05) is 0 Å². The zero-order valence-corrected chi connectivity index (χ0v) is 6.58. The van der Waals surface area contributed by atoms with Crippen LogP contribution in [0.5, 0.6) is 0 Å². The van der Waals surface area contributed by atoms with Crippen molar-refractivity contribution in [2.75, 3.05) is 0 Å². The molecule has 0 spiro atoms. The van der Waals surface area contributed by atoms with Crippen molar-refractivity contribution in [3.8, 4) is 0 Å². The van der Waals surface area contributed by atoms with Crippen LogP contribution < -0.4 is 0 Å². The van der Waals surface area contributed by atoms with Crippen molar-refractivity contribution in [2.45, 2.75) is 36.4 Å². The molecule has 5 heteroatoms. The van der Waals surface area contributed by atoms with Crippen molar-refractivity contribution in [3.05, 3.63) is 0 Å². The molecule has 0 radical (unpaired) electrons. The molecule has 3 aliphatic rings. The van der Waals surface area contributed by atoms with Crippen molar-refractivity contribution in [3.63, 3.8) is 0 Å². The van der Waals surface area contributed by atoms with Crippen LogP contribution in [0.15, 0.2) is 0 Å². The van der Waals surface area contributed by atoms with Crippen LogP contribution in [0.25, 0.3) is 0 Å². The molecule has 0 amide bonds. The summed E-state index contributed by atoms with van der Waals surface area (Å²) in [5.41, 5.74) is 0. The van der Waals surface area contributed by atoms with Crippen LogP contribution in [-0.4, -0.2) is 32.0 Å². The van der Waals surface area contributed by atoms with Crippen LogP contribution in [0.1, 0.15) is 12.8 Å². The van der Waals surface area contributed by atoms with E-state index in [1.165, 1.54) is 0 Å². The van der Waals surface area contributed by atoms with E-state index in [1.54, 1.807) is 0 Å². The molecule has 2 unspecified atom stereocenters. The summed E-state index contributed by atoms with van der Waals surface area (Å²) in [5.74, 6) is 0. The third-order valence-electron chi connectivity index (χ3n) is 2.70. The van der Waals surface area contributed by atoms with E-state index in [0.717, 1.165) is 6.42 Å². The third-order valence-corrected chi connectivity index (χ3v) is 4.42. The minimum Gasteiger partial charge on any atom is -0.371 e. The number of fused-ring (bicyclic) bond motifs is 1. The lowest BCUT2D eigenvalue weighted by atomic mass is 9.98. The second-order valence-electron chi connectivity index (χ2n) is 3.36. The predicted molar refractivity (Wildman–Crippen MR) is 35.5 cm³/mol. The highest BCUT2D eigenvalue weighted by Crippen LogP contribution is 2.46. The number of rotatable bonds is 0. The SMILES string of the molecule is O=S1(=O)O[C@@H]2CC3CC1[C@@H]2O3. The van der Waals surface area contributed by atoms with Crippen molar-refractivity contribution in [1.82, 2.24) is 0 Å². The molecule has 3 saturated heterocycles. The summed E-state index contributed by atoms with van der Waals surface area (Å²) in [7, 11) is -3.26. The fourth-order valence-electron chi connectivity index (χ4n) is 2.25. The Morgan fingerprint density at radius 2 is 2.09 bits per heavy atom. The molecule has 3 rings (SSSR count). The Kier molecular flexibility index (Phi) is 0.944. The van der Waals surface area contributed by atoms with Crippen LogP contribution in [0.2, 0.25) is 0 Å². The number of hydrogen-bond donors (Lipinski definition) is 0. The van der Waals surface area contributed by atoms with Crippen molar-refractivity contribution < 1.29 is 17.3 Å². The van der Waals surface area contributed by atoms with E-state index < -0.39 is 10.1 Å². The Morgan fingerprint density at radius 1 is 1.27 bits per heavy atom. The van der Waals surface area contributed by atoms with E-state index in [2.05, 4.69) is 0 Å². The molecule has 3 fully saturated rings. The monoisotopic (exact) mass is 176 g/mol. The number of ether oxygens (including phenoxy) is 1. The molecule has 0 aliphatic carbocycles. The van der Waals surface area contributed by atoms with E-state index >= 15 is 0 Å². The van der Waals surface area contributed by atoms with E-state index in [4.69, 9.17) is 8.92 Å². The Balaban J connectivity index is 2.14. The van der Waals surface area contributed by atoms with Gasteiger partial charge in [-0.1, -0.05) is 0 Å². The first-order valence-electron chi connectivity index (χ1n) is 3.74. The maximum atomic E-state index is 11.2. The largest absolute Gasteiger partial charge is 0.371 e. The fourth-order valence-corrected chi connectivity index (χ4v) is 3.94. The van der Waals surface area contributed by atoms with Gasteiger partial charge in [0.1, 0.15) is 17.5 Å². The summed E-state index contributed by atoms with van der Waals surface area (Å²) >= 11 is 0. The Labute approximate surface area is 64.6 Å². The minimum atomic E-state index is -3.26. The van der Waals surface area contributed by atoms with Gasteiger partial charge >= 0.3 is 0 Å². The predicted octanol–water partition coefficient (Wildman–Crippen LogP) is -0.355. The van der Waals surface area contributed by atoms with Gasteiger partial charge in [-0.2, -0.15) is 8.42 Å². The lowest BCUT2D eigenvalue weighted by Gasteiger charge is -2.06. The normalized spacial score (nSPS) is 57.1. The smallest absolute Gasteiger partial charge is 0.273 e. The summed E-state index contributed by atoms with van der Waals surface area (Å²) in [5, 5.41) is -0.355. The second-order valence-corrected chi connectivity index (χ2v) is 5.14. The summed E-state index contributed by atoms with van der Waals surface area (Å²) in [4.78, 5) is 0. The molecule has 0 aromatic heterocycles. The molecule has 4 atom stereocenters. The average molecular weight is 176 g/mol. The summed E-state index contributed by atoms with van der Waals surface area (Å²) in [6.45, 7) is 0. The van der Waals surface area contributed by atoms with E-state index in [0.29, 0.717) is 6.42 Å². The minimum absolute atomic E-state index is 0.146. The molecule has 2 bridgehead atoms. The Morgan fingerprint density at radius 3 is 2.64 bits per heavy atom. The van der Waals surface area contributed by atoms with Gasteiger partial charge in [-0.3, -0.25) is 4.18 Å². The first-order valence-corrected chi connectivity index (χ1v) is 5.21. The van der Waals surface area contributed by atoms with Crippen LogP contribution in [-0.2, 0) is 19.0 Å². The Hall–Kier alpha value is -0.130. The number of hydrogen-bond acceptors (Lipinski definition) is 4. The highest BCUT2D eigenvalue weighted by molar-refractivity contribution is 7.87. The van der Waals surface area contributed by atoms with Crippen molar-refractivity contribution >= 4 is 10.1 Å². The van der Waals surface area contributed by atoms with Gasteiger partial charge < -0.3 is 4.74 Å². The lowest BCUT2D eigenvalue weighted by Crippen LogP contribution is -2.27. The van der Waals surface area contributed by atoms with Gasteiger partial charge in [-0.05, 0) is 6.42 Å². The van der Waals surface area contributed by atoms with Crippen molar-refractivity contribution in [2.24, 2.45) is 0 Å². The molecule has 62 valence electrons. The zero-order valence-electron chi connectivity index (χ0n) is 5.76. The maximum Gasteiger partial charge on any atom is 0.273 e. The van der Waals surface area contributed by atoms with Crippen LogP contribution in [0.3, 0.4) is 0 Å². The van der Waals surface area contributed by atoms with E-state index in [-0.39, 0.29) is 23.6 Å². The van der Waals surface area contributed by atoms with Gasteiger partial charge in [0.25, 0.3) is 10.1 Å². The third kappa shape index (κ3) is 0.641. The first-order chi connectivity index (χ1) is 5.17. The average Bonchev–Trinajstić information content (AvgIpc) is 2.44. The summed E-state index contributed by atoms with van der Waals surface area (Å²) in [6.07, 6.45) is 1.24. The topological polar surface area (TPSA) is 52.6 Å². The van der Waals surface area contributed by atoms with E-state index in [9.17, 15) is 8.42 Å². The summed E-state index contributed by atoms with van der Waals surface area (Å²) in [6, 6.07) is 0. The fraction of sp³-hybridized carbons (Fsp3) is 1.00. The molecule has 11 heavy (non-hydrogen) atoms.